The fraction of sp³-hybridized carbons (Fsp3) is 0.625. The van der Waals surface area contributed by atoms with Crippen molar-refractivity contribution in [2.24, 2.45) is 5.92 Å². The van der Waals surface area contributed by atoms with Gasteiger partial charge in [-0.25, -0.2) is 4.79 Å². The summed E-state index contributed by atoms with van der Waals surface area (Å²) in [4.78, 5) is 26.4. The lowest BCUT2D eigenvalue weighted by Gasteiger charge is -2.38. The first-order valence-corrected chi connectivity index (χ1v) is 7.44. The number of carbonyl (C=O) groups excluding carboxylic acids is 2. The van der Waals surface area contributed by atoms with Crippen LogP contribution in [0.15, 0.2) is 22.8 Å². The number of nitrogens with zero attached hydrogens (tertiary/aromatic N) is 1. The van der Waals surface area contributed by atoms with E-state index in [0.717, 1.165) is 0 Å². The van der Waals surface area contributed by atoms with Crippen LogP contribution >= 0.6 is 0 Å². The number of ketones is 1. The Labute approximate surface area is 130 Å². The molecule has 0 saturated carbocycles. The van der Waals surface area contributed by atoms with Gasteiger partial charge in [-0.15, -0.1) is 0 Å². The average molecular weight is 309 g/mol. The summed E-state index contributed by atoms with van der Waals surface area (Å²) in [5, 5.41) is 0. The van der Waals surface area contributed by atoms with Gasteiger partial charge in [0, 0.05) is 12.5 Å². The van der Waals surface area contributed by atoms with E-state index in [0.29, 0.717) is 25.5 Å². The van der Waals surface area contributed by atoms with E-state index in [-0.39, 0.29) is 11.8 Å². The molecule has 2 atom stereocenters. The molecule has 2 unspecified atom stereocenters. The summed E-state index contributed by atoms with van der Waals surface area (Å²) in [5.74, 6) is -0.282. The van der Waals surface area contributed by atoms with Crippen LogP contribution < -0.4 is 0 Å². The van der Waals surface area contributed by atoms with Crippen LogP contribution in [0.25, 0.3) is 0 Å². The number of rotatable bonds is 3. The lowest BCUT2D eigenvalue weighted by molar-refractivity contribution is -0.0417. The number of morpholine rings is 1. The highest BCUT2D eigenvalue weighted by atomic mass is 16.6. The molecule has 0 N–H and O–H groups in total. The van der Waals surface area contributed by atoms with Gasteiger partial charge in [-0.3, -0.25) is 9.69 Å². The maximum atomic E-state index is 12.4. The molecule has 6 heteroatoms. The number of carbonyl (C=O) groups is 2. The molecule has 1 aromatic heterocycles. The van der Waals surface area contributed by atoms with Crippen molar-refractivity contribution in [1.29, 1.82) is 0 Å². The third kappa shape index (κ3) is 3.88. The minimum absolute atomic E-state index is 0.144. The maximum Gasteiger partial charge on any atom is 0.410 e. The van der Waals surface area contributed by atoms with Crippen molar-refractivity contribution in [3.63, 3.8) is 0 Å². The summed E-state index contributed by atoms with van der Waals surface area (Å²) in [6.45, 7) is 8.40. The predicted octanol–water partition coefficient (Wildman–Crippen LogP) is 2.73. The van der Waals surface area contributed by atoms with Crippen LogP contribution in [0.3, 0.4) is 0 Å². The summed E-state index contributed by atoms with van der Waals surface area (Å²) in [6, 6.07) is 2.93. The average Bonchev–Trinajstić information content (AvgIpc) is 2.98. The standard InChI is InChI=1S/C16H23NO5/c1-11(14(18)13-6-5-8-21-13)12-10-20-9-7-17(12)15(19)22-16(2,3)4/h5-6,8,11-12H,7,9-10H2,1-4H3. The third-order valence-corrected chi connectivity index (χ3v) is 3.55. The van der Waals surface area contributed by atoms with Crippen molar-refractivity contribution in [2.45, 2.75) is 39.3 Å². The molecule has 1 fully saturated rings. The topological polar surface area (TPSA) is 69.0 Å². The second kappa shape index (κ2) is 6.52. The molecule has 0 bridgehead atoms. The van der Waals surface area contributed by atoms with E-state index in [1.54, 1.807) is 24.0 Å². The monoisotopic (exact) mass is 309 g/mol. The minimum atomic E-state index is -0.575. The van der Waals surface area contributed by atoms with Gasteiger partial charge in [0.2, 0.25) is 5.78 Å². The zero-order chi connectivity index (χ0) is 16.3. The second-order valence-corrected chi connectivity index (χ2v) is 6.45. The SMILES string of the molecule is CC(C(=O)c1ccco1)C1COCCN1C(=O)OC(C)(C)C. The van der Waals surface area contributed by atoms with Crippen LogP contribution in [0.1, 0.15) is 38.2 Å². The highest BCUT2D eigenvalue weighted by molar-refractivity contribution is 5.95. The molecule has 0 aromatic carbocycles. The Morgan fingerprint density at radius 2 is 2.14 bits per heavy atom. The molecule has 2 heterocycles. The van der Waals surface area contributed by atoms with Gasteiger partial charge in [-0.05, 0) is 32.9 Å². The van der Waals surface area contributed by atoms with Crippen molar-refractivity contribution in [2.75, 3.05) is 19.8 Å². The van der Waals surface area contributed by atoms with Crippen LogP contribution in [-0.2, 0) is 9.47 Å². The molecule has 0 radical (unpaired) electrons. The molecule has 2 rings (SSSR count). The number of furan rings is 1. The maximum absolute atomic E-state index is 12.4. The summed E-state index contributed by atoms with van der Waals surface area (Å²) >= 11 is 0. The molecular weight excluding hydrogens is 286 g/mol. The largest absolute Gasteiger partial charge is 0.461 e. The Kier molecular flexibility index (Phi) is 4.90. The van der Waals surface area contributed by atoms with Crippen LogP contribution in [0.4, 0.5) is 4.79 Å². The van der Waals surface area contributed by atoms with Crippen LogP contribution in [0, 0.1) is 5.92 Å². The van der Waals surface area contributed by atoms with E-state index in [1.165, 1.54) is 6.26 Å². The molecule has 22 heavy (non-hydrogen) atoms. The van der Waals surface area contributed by atoms with Crippen molar-refractivity contribution in [1.82, 2.24) is 4.90 Å². The number of Topliss-reactive ketones (excluding diaryl/α,β-unsaturated/α-hetero) is 1. The van der Waals surface area contributed by atoms with Crippen LogP contribution in [0.5, 0.6) is 0 Å². The quantitative estimate of drug-likeness (QED) is 0.803. The van der Waals surface area contributed by atoms with Gasteiger partial charge in [0.1, 0.15) is 5.60 Å². The van der Waals surface area contributed by atoms with E-state index in [1.807, 2.05) is 20.8 Å². The Balaban J connectivity index is 2.12. The highest BCUT2D eigenvalue weighted by Gasteiger charge is 2.37. The molecule has 6 nitrogen and oxygen atoms in total. The van der Waals surface area contributed by atoms with Gasteiger partial charge in [-0.2, -0.15) is 0 Å². The zero-order valence-corrected chi connectivity index (χ0v) is 13.5. The number of hydrogen-bond acceptors (Lipinski definition) is 5. The Morgan fingerprint density at radius 3 is 2.73 bits per heavy atom. The van der Waals surface area contributed by atoms with Gasteiger partial charge in [0.25, 0.3) is 0 Å². The number of ether oxygens (including phenoxy) is 2. The van der Waals surface area contributed by atoms with E-state index in [4.69, 9.17) is 13.9 Å². The number of hydrogen-bond donors (Lipinski definition) is 0. The summed E-state index contributed by atoms with van der Waals surface area (Å²) in [5.41, 5.74) is -0.575. The van der Waals surface area contributed by atoms with E-state index in [2.05, 4.69) is 0 Å². The van der Waals surface area contributed by atoms with Crippen molar-refractivity contribution in [3.8, 4) is 0 Å². The predicted molar refractivity (Wildman–Crippen MR) is 79.7 cm³/mol. The zero-order valence-electron chi connectivity index (χ0n) is 13.5. The van der Waals surface area contributed by atoms with E-state index < -0.39 is 17.6 Å². The minimum Gasteiger partial charge on any atom is -0.461 e. The smallest absolute Gasteiger partial charge is 0.410 e. The Hall–Kier alpha value is -1.82. The summed E-state index contributed by atoms with van der Waals surface area (Å²) in [7, 11) is 0. The molecule has 122 valence electrons. The number of amides is 1. The lowest BCUT2D eigenvalue weighted by atomic mass is 9.94. The molecule has 1 amide bonds. The van der Waals surface area contributed by atoms with Gasteiger partial charge >= 0.3 is 6.09 Å². The van der Waals surface area contributed by atoms with Crippen molar-refractivity contribution in [3.05, 3.63) is 24.2 Å². The van der Waals surface area contributed by atoms with Gasteiger partial charge in [0.15, 0.2) is 5.76 Å². The normalized spacial score (nSPS) is 20.5. The molecule has 1 saturated heterocycles. The van der Waals surface area contributed by atoms with Gasteiger partial charge in [0.05, 0.1) is 25.5 Å². The van der Waals surface area contributed by atoms with Gasteiger partial charge in [-0.1, -0.05) is 6.92 Å². The molecule has 0 aliphatic carbocycles. The van der Waals surface area contributed by atoms with Gasteiger partial charge < -0.3 is 13.9 Å². The first-order chi connectivity index (χ1) is 10.3. The van der Waals surface area contributed by atoms with E-state index in [9.17, 15) is 9.59 Å². The summed E-state index contributed by atoms with van der Waals surface area (Å²) in [6.07, 6.45) is 1.04. The van der Waals surface area contributed by atoms with E-state index >= 15 is 0 Å². The molecule has 1 aromatic rings. The molecular formula is C16H23NO5. The highest BCUT2D eigenvalue weighted by Crippen LogP contribution is 2.22. The third-order valence-electron chi connectivity index (χ3n) is 3.55. The molecule has 0 spiro atoms. The first-order valence-electron chi connectivity index (χ1n) is 7.44. The van der Waals surface area contributed by atoms with Crippen molar-refractivity contribution < 1.29 is 23.5 Å². The Morgan fingerprint density at radius 1 is 1.41 bits per heavy atom. The molecule has 1 aliphatic rings. The fourth-order valence-electron chi connectivity index (χ4n) is 2.40. The lowest BCUT2D eigenvalue weighted by Crippen LogP contribution is -2.54. The first kappa shape index (κ1) is 16.5. The summed E-state index contributed by atoms with van der Waals surface area (Å²) < 4.78 is 16.0. The van der Waals surface area contributed by atoms with Crippen molar-refractivity contribution >= 4 is 11.9 Å². The fourth-order valence-corrected chi connectivity index (χ4v) is 2.40. The Bertz CT molecular complexity index is 517. The molecule has 1 aliphatic heterocycles. The van der Waals surface area contributed by atoms with Crippen LogP contribution in [0.2, 0.25) is 0 Å². The second-order valence-electron chi connectivity index (χ2n) is 6.45. The van der Waals surface area contributed by atoms with Crippen LogP contribution in [-0.4, -0.2) is 48.2 Å².